The zero-order chi connectivity index (χ0) is 28.7. The summed E-state index contributed by atoms with van der Waals surface area (Å²) in [5, 5.41) is 21.0. The molecule has 1 unspecified atom stereocenters. The lowest BCUT2D eigenvalue weighted by Crippen LogP contribution is -2.18. The number of rotatable bonds is 9. The second-order valence-corrected chi connectivity index (χ2v) is 9.72. The molecular formula is C26H29N6O7P. The third-order valence-electron chi connectivity index (χ3n) is 5.63. The third kappa shape index (κ3) is 7.10. The molecule has 5 aromatic rings. The lowest BCUT2D eigenvalue weighted by atomic mass is 10.2. The number of anilines is 2. The number of ether oxygens (including phenoxy) is 1. The number of nitrogen functional groups attached to an aromatic ring is 1. The Morgan fingerprint density at radius 1 is 1.00 bits per heavy atom. The second kappa shape index (κ2) is 12.8. The van der Waals surface area contributed by atoms with Crippen LogP contribution in [0, 0.1) is 0 Å². The Kier molecular flexibility index (Phi) is 9.27. The summed E-state index contributed by atoms with van der Waals surface area (Å²) in [5.41, 5.74) is 9.73. The number of nitrogens with two attached hydrogens (primary N) is 1. The van der Waals surface area contributed by atoms with Gasteiger partial charge in [0.1, 0.15) is 23.2 Å². The number of hydrogen-bond acceptors (Lipinski definition) is 10. The van der Waals surface area contributed by atoms with Crippen LogP contribution in [0.5, 0.6) is 5.75 Å². The fourth-order valence-electron chi connectivity index (χ4n) is 3.79. The van der Waals surface area contributed by atoms with Crippen LogP contribution in [0.3, 0.4) is 0 Å². The van der Waals surface area contributed by atoms with Crippen LogP contribution in [-0.4, -0.2) is 65.9 Å². The van der Waals surface area contributed by atoms with Crippen molar-refractivity contribution in [2.24, 2.45) is 0 Å². The van der Waals surface area contributed by atoms with E-state index < -0.39 is 27.1 Å². The molecule has 0 amide bonds. The van der Waals surface area contributed by atoms with Crippen molar-refractivity contribution in [1.29, 1.82) is 0 Å². The van der Waals surface area contributed by atoms with Crippen molar-refractivity contribution in [2.75, 3.05) is 31.4 Å². The van der Waals surface area contributed by atoms with E-state index in [1.165, 1.54) is 0 Å². The molecule has 3 aromatic carbocycles. The normalized spacial score (nSPS) is 12.1. The molecule has 7 N–H and O–H groups in total. The highest BCUT2D eigenvalue weighted by molar-refractivity contribution is 7.46. The number of methoxy groups -OCH3 is 1. The largest absolute Gasteiger partial charge is 0.494 e. The third-order valence-corrected chi connectivity index (χ3v) is 6.12. The molecule has 0 aliphatic heterocycles. The Labute approximate surface area is 229 Å². The number of para-hydroxylation sites is 3. The molecule has 5 rings (SSSR count). The molecule has 0 spiro atoms. The van der Waals surface area contributed by atoms with E-state index >= 15 is 0 Å². The van der Waals surface area contributed by atoms with Gasteiger partial charge in [-0.25, -0.2) is 19.1 Å². The van der Waals surface area contributed by atoms with Gasteiger partial charge in [-0.1, -0.05) is 48.5 Å². The molecule has 2 heterocycles. The zero-order valence-electron chi connectivity index (χ0n) is 21.5. The van der Waals surface area contributed by atoms with Gasteiger partial charge in [-0.15, -0.1) is 0 Å². The molecule has 1 atom stereocenters. The van der Waals surface area contributed by atoms with E-state index in [1.54, 1.807) is 11.7 Å². The first-order valence-corrected chi connectivity index (χ1v) is 13.6. The average Bonchev–Trinajstić information content (AvgIpc) is 3.30. The minimum Gasteiger partial charge on any atom is -0.494 e. The fourth-order valence-corrected chi connectivity index (χ4v) is 4.15. The van der Waals surface area contributed by atoms with Crippen LogP contribution in [0.1, 0.15) is 5.56 Å². The average molecular weight is 569 g/mol. The van der Waals surface area contributed by atoms with E-state index in [4.69, 9.17) is 40.4 Å². The maximum Gasteiger partial charge on any atom is 0.469 e. The molecule has 0 aliphatic rings. The summed E-state index contributed by atoms with van der Waals surface area (Å²) in [6.07, 6.45) is -1.24. The van der Waals surface area contributed by atoms with Crippen molar-refractivity contribution in [3.05, 3.63) is 78.4 Å². The number of phosphoric ester groups is 1. The predicted molar refractivity (Wildman–Crippen MR) is 150 cm³/mol. The van der Waals surface area contributed by atoms with Crippen molar-refractivity contribution in [3.8, 4) is 11.7 Å². The molecule has 0 fully saturated rings. The smallest absolute Gasteiger partial charge is 0.469 e. The first-order valence-electron chi connectivity index (χ1n) is 12.0. The first kappa shape index (κ1) is 28.9. The van der Waals surface area contributed by atoms with E-state index in [9.17, 15) is 4.57 Å². The Morgan fingerprint density at radius 2 is 1.73 bits per heavy atom. The molecule has 0 radical (unpaired) electrons. The number of benzene rings is 3. The van der Waals surface area contributed by atoms with Gasteiger partial charge in [0, 0.05) is 11.9 Å². The van der Waals surface area contributed by atoms with Crippen LogP contribution in [0.15, 0.2) is 72.8 Å². The summed E-state index contributed by atoms with van der Waals surface area (Å²) in [6, 6.07) is 23.7. The second-order valence-electron chi connectivity index (χ2n) is 8.48. The van der Waals surface area contributed by atoms with Gasteiger partial charge in [0.25, 0.3) is 0 Å². The van der Waals surface area contributed by atoms with E-state index in [0.29, 0.717) is 35.5 Å². The molecule has 0 bridgehead atoms. The molecule has 210 valence electrons. The van der Waals surface area contributed by atoms with Gasteiger partial charge < -0.3 is 35.8 Å². The number of aliphatic hydroxyl groups excluding tert-OH is 2. The lowest BCUT2D eigenvalue weighted by molar-refractivity contribution is 0.0419. The molecule has 2 aromatic heterocycles. The van der Waals surface area contributed by atoms with Crippen LogP contribution in [-0.2, 0) is 15.6 Å². The quantitative estimate of drug-likeness (QED) is 0.142. The van der Waals surface area contributed by atoms with Crippen LogP contribution in [0.4, 0.5) is 11.8 Å². The molecule has 40 heavy (non-hydrogen) atoms. The van der Waals surface area contributed by atoms with Gasteiger partial charge in [-0.3, -0.25) is 4.52 Å². The maximum atomic E-state index is 9.93. The van der Waals surface area contributed by atoms with Gasteiger partial charge >= 0.3 is 7.82 Å². The number of phosphoric acid groups is 1. The van der Waals surface area contributed by atoms with E-state index in [0.717, 1.165) is 22.0 Å². The Morgan fingerprint density at radius 3 is 2.42 bits per heavy atom. The number of fused-ring (bicyclic) bond motifs is 2. The predicted octanol–water partition coefficient (Wildman–Crippen LogP) is 2.62. The van der Waals surface area contributed by atoms with Crippen molar-refractivity contribution < 1.29 is 33.8 Å². The molecule has 14 heteroatoms. The molecular weight excluding hydrogens is 539 g/mol. The summed E-state index contributed by atoms with van der Waals surface area (Å²) >= 11 is 0. The number of nitrogens with one attached hydrogen (secondary N) is 1. The van der Waals surface area contributed by atoms with Crippen molar-refractivity contribution in [2.45, 2.75) is 12.6 Å². The van der Waals surface area contributed by atoms with Crippen molar-refractivity contribution in [1.82, 2.24) is 19.5 Å². The molecule has 13 nitrogen and oxygen atoms in total. The van der Waals surface area contributed by atoms with E-state index in [2.05, 4.69) is 27.0 Å². The van der Waals surface area contributed by atoms with Gasteiger partial charge in [0.05, 0.1) is 31.4 Å². The Bertz CT molecular complexity index is 1630. The monoisotopic (exact) mass is 568 g/mol. The SMILES string of the molecule is COc1cccc2c(NCc3ccccc3)nc(-n3c(N)nc4ccccc43)nc12.O=P(O)(O)OCC(O)CO. The standard InChI is InChI=1S/C23H20N6O.C3H9O6P/c1-30-19-13-7-10-16-20(19)27-23(28-21(16)25-14-15-8-3-2-4-9-15)29-18-12-6-5-11-17(18)26-22(29)24;4-1-3(5)2-9-10(6,7)8/h2-13H,14H2,1H3,(H2,24,26)(H,25,27,28);3-5H,1-2H2,(H2,6,7,8). The molecule has 0 saturated heterocycles. The Hall–Kier alpha value is -4.10. The van der Waals surface area contributed by atoms with Crippen molar-refractivity contribution >= 4 is 41.5 Å². The number of aliphatic hydroxyl groups is 2. The maximum absolute atomic E-state index is 9.93. The van der Waals surface area contributed by atoms with Crippen LogP contribution < -0.4 is 15.8 Å². The van der Waals surface area contributed by atoms with Crippen LogP contribution in [0.25, 0.3) is 27.9 Å². The minimum absolute atomic E-state index is 0.333. The molecule has 0 aliphatic carbocycles. The van der Waals surface area contributed by atoms with Gasteiger partial charge in [0.15, 0.2) is 0 Å². The van der Waals surface area contributed by atoms with Crippen LogP contribution in [0.2, 0.25) is 0 Å². The van der Waals surface area contributed by atoms with Crippen molar-refractivity contribution in [3.63, 3.8) is 0 Å². The van der Waals surface area contributed by atoms with Crippen LogP contribution >= 0.6 is 7.82 Å². The number of aromatic nitrogens is 4. The highest BCUT2D eigenvalue weighted by Gasteiger charge is 2.17. The number of nitrogens with zero attached hydrogens (tertiary/aromatic N) is 4. The highest BCUT2D eigenvalue weighted by Crippen LogP contribution is 2.35. The summed E-state index contributed by atoms with van der Waals surface area (Å²) in [7, 11) is -2.87. The first-order chi connectivity index (χ1) is 19.2. The Balaban J connectivity index is 0.000000318. The number of imidazole rings is 1. The summed E-state index contributed by atoms with van der Waals surface area (Å²) in [5.74, 6) is 2.14. The zero-order valence-corrected chi connectivity index (χ0v) is 22.3. The van der Waals surface area contributed by atoms with Gasteiger partial charge in [-0.05, 0) is 29.8 Å². The lowest BCUT2D eigenvalue weighted by Gasteiger charge is -2.14. The minimum atomic E-state index is -4.50. The topological polar surface area (TPSA) is 198 Å². The summed E-state index contributed by atoms with van der Waals surface area (Å²) in [4.78, 5) is 30.2. The number of hydrogen-bond donors (Lipinski definition) is 6. The fraction of sp³-hybridized carbons (Fsp3) is 0.192. The van der Waals surface area contributed by atoms with Gasteiger partial charge in [-0.2, -0.15) is 4.98 Å². The van der Waals surface area contributed by atoms with E-state index in [-0.39, 0.29) is 0 Å². The molecule has 0 saturated carbocycles. The van der Waals surface area contributed by atoms with E-state index in [1.807, 2.05) is 60.7 Å². The van der Waals surface area contributed by atoms with Gasteiger partial charge in [0.2, 0.25) is 11.9 Å². The highest BCUT2D eigenvalue weighted by atomic mass is 31.2. The summed E-state index contributed by atoms with van der Waals surface area (Å²) < 4.78 is 21.1. The summed E-state index contributed by atoms with van der Waals surface area (Å²) in [6.45, 7) is -0.523.